The smallest absolute Gasteiger partial charge is 0.345 e. The summed E-state index contributed by atoms with van der Waals surface area (Å²) in [5.41, 5.74) is 2.91. The van der Waals surface area contributed by atoms with E-state index in [1.165, 1.54) is 36.5 Å². The summed E-state index contributed by atoms with van der Waals surface area (Å²) in [6.45, 7) is 0. The molecule has 0 aliphatic heterocycles. The number of carbonyl (C=O) groups excluding carboxylic acids is 3. The number of hydrogen-bond acceptors (Lipinski definition) is 5. The Kier molecular flexibility index (Phi) is 8.30. The summed E-state index contributed by atoms with van der Waals surface area (Å²) in [6.07, 6.45) is 1.27. The lowest BCUT2D eigenvalue weighted by atomic mass is 10.2. The van der Waals surface area contributed by atoms with Crippen LogP contribution in [0.2, 0.25) is 20.1 Å². The predicted octanol–water partition coefficient (Wildman–Crippen LogP) is 5.61. The van der Waals surface area contributed by atoms with Gasteiger partial charge in [-0.15, -0.1) is 0 Å². The molecule has 3 rings (SSSR count). The molecule has 168 valence electrons. The maximum Gasteiger partial charge on any atom is 0.345 e. The average molecular weight is 525 g/mol. The van der Waals surface area contributed by atoms with E-state index in [1.54, 1.807) is 30.3 Å². The zero-order valence-electron chi connectivity index (χ0n) is 16.4. The van der Waals surface area contributed by atoms with Crippen LogP contribution in [0, 0.1) is 0 Å². The Balaban J connectivity index is 1.59. The minimum Gasteiger partial charge on any atom is -0.423 e. The Morgan fingerprint density at radius 1 is 0.848 bits per heavy atom. The molecule has 0 aromatic heterocycles. The molecular formula is C22H13Cl4N3O4. The van der Waals surface area contributed by atoms with Gasteiger partial charge in [0.05, 0.1) is 32.5 Å². The van der Waals surface area contributed by atoms with Gasteiger partial charge in [-0.3, -0.25) is 9.59 Å². The van der Waals surface area contributed by atoms with Gasteiger partial charge in [0, 0.05) is 5.02 Å². The maximum atomic E-state index is 12.3. The Labute approximate surface area is 208 Å². The van der Waals surface area contributed by atoms with Crippen molar-refractivity contribution in [2.75, 3.05) is 5.32 Å². The number of carbonyl (C=O) groups is 3. The summed E-state index contributed by atoms with van der Waals surface area (Å²) in [4.78, 5) is 36.3. The Bertz CT molecular complexity index is 1260. The van der Waals surface area contributed by atoms with Crippen LogP contribution in [0.5, 0.6) is 5.75 Å². The Morgan fingerprint density at radius 2 is 1.61 bits per heavy atom. The molecule has 0 radical (unpaired) electrons. The number of hydrazone groups is 1. The van der Waals surface area contributed by atoms with E-state index in [-0.39, 0.29) is 32.1 Å². The van der Waals surface area contributed by atoms with Gasteiger partial charge in [-0.2, -0.15) is 5.10 Å². The van der Waals surface area contributed by atoms with E-state index in [4.69, 9.17) is 51.1 Å². The molecule has 0 bridgehead atoms. The number of rotatable bonds is 5. The zero-order chi connectivity index (χ0) is 24.0. The first-order valence-electron chi connectivity index (χ1n) is 9.10. The fraction of sp³-hybridized carbons (Fsp3) is 0. The second-order valence-corrected chi connectivity index (χ2v) is 7.97. The van der Waals surface area contributed by atoms with Crippen LogP contribution in [0.1, 0.15) is 15.9 Å². The summed E-state index contributed by atoms with van der Waals surface area (Å²) in [7, 11) is 0. The fourth-order valence-corrected chi connectivity index (χ4v) is 3.30. The summed E-state index contributed by atoms with van der Waals surface area (Å²) in [5, 5.41) is 6.94. The number of amides is 2. The molecule has 3 aromatic carbocycles. The molecule has 33 heavy (non-hydrogen) atoms. The van der Waals surface area contributed by atoms with Gasteiger partial charge in [-0.05, 0) is 48.0 Å². The summed E-state index contributed by atoms with van der Waals surface area (Å²) in [5.74, 6) is -2.47. The SMILES string of the molecule is O=C(NN=Cc1cccc(OC(=O)c2ccc(Cl)cc2Cl)c1)C(=O)Nc1cccc(Cl)c1Cl. The molecule has 0 fully saturated rings. The van der Waals surface area contributed by atoms with Crippen molar-refractivity contribution in [1.82, 2.24) is 5.43 Å². The van der Waals surface area contributed by atoms with Gasteiger partial charge in [0.1, 0.15) is 5.75 Å². The van der Waals surface area contributed by atoms with E-state index in [2.05, 4.69) is 15.8 Å². The van der Waals surface area contributed by atoms with Gasteiger partial charge < -0.3 is 10.1 Å². The van der Waals surface area contributed by atoms with Crippen LogP contribution in [0.3, 0.4) is 0 Å². The number of nitrogens with one attached hydrogen (secondary N) is 2. The van der Waals surface area contributed by atoms with E-state index in [0.717, 1.165) is 0 Å². The number of ether oxygens (including phenoxy) is 1. The number of benzene rings is 3. The summed E-state index contributed by atoms with van der Waals surface area (Å²) in [6, 6.07) is 15.3. The Hall–Kier alpha value is -3.10. The van der Waals surface area contributed by atoms with E-state index < -0.39 is 17.8 Å². The van der Waals surface area contributed by atoms with Crippen LogP contribution in [-0.2, 0) is 9.59 Å². The minimum absolute atomic E-state index is 0.107. The highest BCUT2D eigenvalue weighted by molar-refractivity contribution is 6.45. The van der Waals surface area contributed by atoms with Crippen molar-refractivity contribution in [3.8, 4) is 5.75 Å². The van der Waals surface area contributed by atoms with Crippen molar-refractivity contribution < 1.29 is 19.1 Å². The zero-order valence-corrected chi connectivity index (χ0v) is 19.5. The molecule has 0 saturated carbocycles. The van der Waals surface area contributed by atoms with Crippen LogP contribution < -0.4 is 15.5 Å². The summed E-state index contributed by atoms with van der Waals surface area (Å²) < 4.78 is 5.31. The molecule has 3 aromatic rings. The second-order valence-electron chi connectivity index (χ2n) is 6.34. The molecule has 0 aliphatic carbocycles. The van der Waals surface area contributed by atoms with Crippen molar-refractivity contribution in [3.63, 3.8) is 0 Å². The fourth-order valence-electron chi connectivity index (χ4n) is 2.47. The van der Waals surface area contributed by atoms with Crippen molar-refractivity contribution in [2.45, 2.75) is 0 Å². The van der Waals surface area contributed by atoms with Crippen LogP contribution in [0.15, 0.2) is 65.8 Å². The van der Waals surface area contributed by atoms with Crippen LogP contribution in [0.4, 0.5) is 5.69 Å². The lowest BCUT2D eigenvalue weighted by Gasteiger charge is -2.07. The van der Waals surface area contributed by atoms with Crippen LogP contribution in [-0.4, -0.2) is 24.0 Å². The van der Waals surface area contributed by atoms with Crippen LogP contribution in [0.25, 0.3) is 0 Å². The van der Waals surface area contributed by atoms with Crippen molar-refractivity contribution in [1.29, 1.82) is 0 Å². The molecule has 7 nitrogen and oxygen atoms in total. The van der Waals surface area contributed by atoms with Gasteiger partial charge in [0.2, 0.25) is 0 Å². The van der Waals surface area contributed by atoms with Crippen LogP contribution >= 0.6 is 46.4 Å². The molecular weight excluding hydrogens is 512 g/mol. The van der Waals surface area contributed by atoms with Gasteiger partial charge >= 0.3 is 17.8 Å². The van der Waals surface area contributed by atoms with E-state index >= 15 is 0 Å². The average Bonchev–Trinajstić information content (AvgIpc) is 2.77. The van der Waals surface area contributed by atoms with E-state index in [1.807, 2.05) is 0 Å². The molecule has 0 heterocycles. The predicted molar refractivity (Wildman–Crippen MR) is 129 cm³/mol. The highest BCUT2D eigenvalue weighted by atomic mass is 35.5. The number of hydrogen-bond donors (Lipinski definition) is 2. The lowest BCUT2D eigenvalue weighted by Crippen LogP contribution is -2.32. The molecule has 0 spiro atoms. The normalized spacial score (nSPS) is 10.7. The molecule has 2 N–H and O–H groups in total. The number of halogens is 4. The quantitative estimate of drug-likeness (QED) is 0.149. The maximum absolute atomic E-state index is 12.3. The third-order valence-corrected chi connectivity index (χ3v) is 5.37. The van der Waals surface area contributed by atoms with Crippen molar-refractivity contribution in [3.05, 3.63) is 91.9 Å². The first-order valence-corrected chi connectivity index (χ1v) is 10.6. The van der Waals surface area contributed by atoms with E-state index in [9.17, 15) is 14.4 Å². The highest BCUT2D eigenvalue weighted by Crippen LogP contribution is 2.29. The third-order valence-electron chi connectivity index (χ3n) is 4.01. The first kappa shape index (κ1) is 24.5. The summed E-state index contributed by atoms with van der Waals surface area (Å²) >= 11 is 23.7. The molecule has 0 unspecified atom stereocenters. The standard InChI is InChI=1S/C22H13Cl4N3O4/c23-13-7-8-15(17(25)10-13)22(32)33-14-4-1-3-12(9-14)11-27-29-21(31)20(30)28-18-6-2-5-16(24)19(18)26/h1-11H,(H,28,30)(H,29,31). The topological polar surface area (TPSA) is 96.9 Å². The number of esters is 1. The highest BCUT2D eigenvalue weighted by Gasteiger charge is 2.16. The third kappa shape index (κ3) is 6.69. The monoisotopic (exact) mass is 523 g/mol. The van der Waals surface area contributed by atoms with Gasteiger partial charge in [-0.25, -0.2) is 10.2 Å². The lowest BCUT2D eigenvalue weighted by molar-refractivity contribution is -0.136. The largest absolute Gasteiger partial charge is 0.423 e. The van der Waals surface area contributed by atoms with Crippen molar-refractivity contribution in [2.24, 2.45) is 5.10 Å². The molecule has 2 amide bonds. The van der Waals surface area contributed by atoms with Gasteiger partial charge in [-0.1, -0.05) is 64.6 Å². The number of nitrogens with zero attached hydrogens (tertiary/aromatic N) is 1. The molecule has 0 saturated heterocycles. The molecule has 0 aliphatic rings. The minimum atomic E-state index is -1.03. The van der Waals surface area contributed by atoms with Gasteiger partial charge in [0.25, 0.3) is 0 Å². The second kappa shape index (κ2) is 11.2. The Morgan fingerprint density at radius 3 is 2.36 bits per heavy atom. The molecule has 11 heteroatoms. The first-order chi connectivity index (χ1) is 15.7. The van der Waals surface area contributed by atoms with E-state index in [0.29, 0.717) is 10.6 Å². The number of anilines is 1. The molecule has 0 atom stereocenters. The van der Waals surface area contributed by atoms with Crippen molar-refractivity contribution >= 4 is 76.1 Å². The van der Waals surface area contributed by atoms with Gasteiger partial charge in [0.15, 0.2) is 0 Å².